The average molecular weight is 194 g/mol. The Labute approximate surface area is 83.3 Å². The lowest BCUT2D eigenvalue weighted by molar-refractivity contribution is -0.180. The summed E-state index contributed by atoms with van der Waals surface area (Å²) in [4.78, 5) is 0. The summed E-state index contributed by atoms with van der Waals surface area (Å²) >= 11 is 0. The van der Waals surface area contributed by atoms with Crippen molar-refractivity contribution in [1.82, 2.24) is 0 Å². The number of ether oxygens (including phenoxy) is 2. The smallest absolute Gasteiger partial charge is 0.205 e. The Hall–Kier alpha value is -1.06. The molecular weight excluding hydrogens is 180 g/mol. The Kier molecular flexibility index (Phi) is 2.21. The summed E-state index contributed by atoms with van der Waals surface area (Å²) in [6.07, 6.45) is 0. The summed E-state index contributed by atoms with van der Waals surface area (Å²) in [6.45, 7) is 4.27. The molecule has 1 aliphatic heterocycles. The van der Waals surface area contributed by atoms with Crippen LogP contribution in [0.5, 0.6) is 5.75 Å². The van der Waals surface area contributed by atoms with Gasteiger partial charge in [-0.15, -0.1) is 0 Å². The van der Waals surface area contributed by atoms with Crippen LogP contribution in [0.15, 0.2) is 18.2 Å². The van der Waals surface area contributed by atoms with Crippen LogP contribution in [0.2, 0.25) is 0 Å². The third kappa shape index (κ3) is 1.61. The molecule has 0 amide bonds. The highest BCUT2D eigenvalue weighted by Gasteiger charge is 2.28. The van der Waals surface area contributed by atoms with Gasteiger partial charge in [0.05, 0.1) is 13.2 Å². The third-order valence-corrected chi connectivity index (χ3v) is 2.27. The van der Waals surface area contributed by atoms with E-state index in [1.54, 1.807) is 0 Å². The molecule has 1 aromatic carbocycles. The van der Waals surface area contributed by atoms with Crippen molar-refractivity contribution in [3.8, 4) is 5.75 Å². The van der Waals surface area contributed by atoms with Crippen LogP contribution < -0.4 is 4.74 Å². The summed E-state index contributed by atoms with van der Waals surface area (Å²) in [6, 6.07) is 5.71. The molecule has 0 unspecified atom stereocenters. The summed E-state index contributed by atoms with van der Waals surface area (Å²) in [5.74, 6) is 0.171. The molecule has 0 saturated carbocycles. The van der Waals surface area contributed by atoms with Gasteiger partial charge in [-0.25, -0.2) is 0 Å². The number of aliphatic hydroxyl groups is 1. The molecule has 1 N–H and O–H groups in total. The molecule has 0 bridgehead atoms. The van der Waals surface area contributed by atoms with E-state index in [4.69, 9.17) is 14.6 Å². The number of aliphatic hydroxyl groups excluding tert-OH is 1. The summed E-state index contributed by atoms with van der Waals surface area (Å²) in [5, 5.41) is 9.14. The number of hydrogen-bond donors (Lipinski definition) is 1. The second kappa shape index (κ2) is 3.26. The van der Waals surface area contributed by atoms with Crippen LogP contribution >= 0.6 is 0 Å². The van der Waals surface area contributed by atoms with Gasteiger partial charge in [0.1, 0.15) is 5.75 Å². The second-order valence-corrected chi connectivity index (χ2v) is 3.85. The summed E-state index contributed by atoms with van der Waals surface area (Å²) in [5.41, 5.74) is 1.81. The van der Waals surface area contributed by atoms with Crippen molar-refractivity contribution in [3.63, 3.8) is 0 Å². The average Bonchev–Trinajstić information content (AvgIpc) is 2.15. The third-order valence-electron chi connectivity index (χ3n) is 2.27. The van der Waals surface area contributed by atoms with Gasteiger partial charge in [-0.2, -0.15) is 0 Å². The van der Waals surface area contributed by atoms with E-state index in [1.807, 2.05) is 32.0 Å². The van der Waals surface area contributed by atoms with Crippen molar-refractivity contribution in [3.05, 3.63) is 29.3 Å². The number of hydrogen-bond acceptors (Lipinski definition) is 3. The quantitative estimate of drug-likeness (QED) is 0.741. The highest BCUT2D eigenvalue weighted by atomic mass is 16.7. The molecule has 0 saturated heterocycles. The lowest BCUT2D eigenvalue weighted by atomic mass is 10.1. The minimum absolute atomic E-state index is 0.000741. The molecule has 3 nitrogen and oxygen atoms in total. The fourth-order valence-electron chi connectivity index (χ4n) is 1.53. The highest BCUT2D eigenvalue weighted by Crippen LogP contribution is 2.33. The fraction of sp³-hybridized carbons (Fsp3) is 0.455. The van der Waals surface area contributed by atoms with Crippen molar-refractivity contribution >= 4 is 0 Å². The van der Waals surface area contributed by atoms with E-state index in [-0.39, 0.29) is 6.61 Å². The number of fused-ring (bicyclic) bond motifs is 1. The summed E-state index contributed by atoms with van der Waals surface area (Å²) < 4.78 is 11.1. The zero-order valence-electron chi connectivity index (χ0n) is 8.41. The topological polar surface area (TPSA) is 38.7 Å². The first-order valence-corrected chi connectivity index (χ1v) is 4.67. The molecule has 0 fully saturated rings. The monoisotopic (exact) mass is 194 g/mol. The van der Waals surface area contributed by atoms with Crippen molar-refractivity contribution in [2.75, 3.05) is 0 Å². The standard InChI is InChI=1S/C11H14O3/c1-11(2)13-7-9-5-3-4-8(6-12)10(9)14-11/h3-5,12H,6-7H2,1-2H3. The molecule has 1 heterocycles. The molecule has 2 rings (SSSR count). The molecule has 14 heavy (non-hydrogen) atoms. The zero-order valence-corrected chi connectivity index (χ0v) is 8.41. The van der Waals surface area contributed by atoms with Crippen molar-refractivity contribution in [1.29, 1.82) is 0 Å². The van der Waals surface area contributed by atoms with E-state index < -0.39 is 5.79 Å². The van der Waals surface area contributed by atoms with Gasteiger partial charge in [0, 0.05) is 25.0 Å². The van der Waals surface area contributed by atoms with E-state index in [0.29, 0.717) is 6.61 Å². The molecule has 76 valence electrons. The van der Waals surface area contributed by atoms with E-state index in [0.717, 1.165) is 16.9 Å². The van der Waals surface area contributed by atoms with Gasteiger partial charge in [0.25, 0.3) is 0 Å². The first-order chi connectivity index (χ1) is 6.62. The van der Waals surface area contributed by atoms with Gasteiger partial charge in [-0.3, -0.25) is 0 Å². The second-order valence-electron chi connectivity index (χ2n) is 3.85. The number of benzene rings is 1. The molecule has 1 aliphatic rings. The van der Waals surface area contributed by atoms with Crippen LogP contribution in [0, 0.1) is 0 Å². The molecule has 0 aromatic heterocycles. The Morgan fingerprint density at radius 2 is 2.21 bits per heavy atom. The van der Waals surface area contributed by atoms with Crippen LogP contribution in [0.3, 0.4) is 0 Å². The van der Waals surface area contributed by atoms with Crippen LogP contribution in [-0.4, -0.2) is 10.9 Å². The lowest BCUT2D eigenvalue weighted by Gasteiger charge is -2.33. The molecule has 0 atom stereocenters. The maximum atomic E-state index is 9.14. The lowest BCUT2D eigenvalue weighted by Crippen LogP contribution is -2.35. The maximum absolute atomic E-state index is 9.14. The SMILES string of the molecule is CC1(C)OCc2cccc(CO)c2O1. The predicted octanol–water partition coefficient (Wildman–Crippen LogP) is 1.82. The number of rotatable bonds is 1. The fourth-order valence-corrected chi connectivity index (χ4v) is 1.53. The van der Waals surface area contributed by atoms with Gasteiger partial charge < -0.3 is 14.6 Å². The molecule has 3 heteroatoms. The van der Waals surface area contributed by atoms with Crippen LogP contribution in [0.25, 0.3) is 0 Å². The first-order valence-electron chi connectivity index (χ1n) is 4.67. The van der Waals surface area contributed by atoms with Crippen molar-refractivity contribution in [2.24, 2.45) is 0 Å². The molecule has 0 aliphatic carbocycles. The van der Waals surface area contributed by atoms with Crippen LogP contribution in [-0.2, 0) is 18.0 Å². The predicted molar refractivity (Wildman–Crippen MR) is 51.9 cm³/mol. The van der Waals surface area contributed by atoms with Crippen molar-refractivity contribution in [2.45, 2.75) is 32.8 Å². The molecule has 1 aromatic rings. The van der Waals surface area contributed by atoms with E-state index in [9.17, 15) is 0 Å². The Morgan fingerprint density at radius 3 is 2.93 bits per heavy atom. The molecule has 0 radical (unpaired) electrons. The van der Waals surface area contributed by atoms with Gasteiger partial charge in [-0.05, 0) is 0 Å². The largest absolute Gasteiger partial charge is 0.462 e. The van der Waals surface area contributed by atoms with Crippen LogP contribution in [0.4, 0.5) is 0 Å². The summed E-state index contributed by atoms with van der Waals surface area (Å²) in [7, 11) is 0. The van der Waals surface area contributed by atoms with Crippen LogP contribution in [0.1, 0.15) is 25.0 Å². The van der Waals surface area contributed by atoms with Crippen molar-refractivity contribution < 1.29 is 14.6 Å². The number of para-hydroxylation sites is 1. The normalized spacial score (nSPS) is 18.5. The molecule has 0 spiro atoms. The van der Waals surface area contributed by atoms with Gasteiger partial charge in [-0.1, -0.05) is 18.2 Å². The Balaban J connectivity index is 2.43. The van der Waals surface area contributed by atoms with Gasteiger partial charge in [0.15, 0.2) is 0 Å². The van der Waals surface area contributed by atoms with E-state index in [2.05, 4.69) is 0 Å². The van der Waals surface area contributed by atoms with E-state index >= 15 is 0 Å². The highest BCUT2D eigenvalue weighted by molar-refractivity contribution is 5.42. The Morgan fingerprint density at radius 1 is 1.43 bits per heavy atom. The Bertz CT molecular complexity index is 330. The zero-order chi connectivity index (χ0) is 10.2. The van der Waals surface area contributed by atoms with Gasteiger partial charge in [0.2, 0.25) is 5.79 Å². The molecular formula is C11H14O3. The van der Waals surface area contributed by atoms with Gasteiger partial charge >= 0.3 is 0 Å². The first kappa shape index (κ1) is 9.49. The van der Waals surface area contributed by atoms with E-state index in [1.165, 1.54) is 0 Å². The minimum atomic E-state index is -0.599. The maximum Gasteiger partial charge on any atom is 0.205 e. The minimum Gasteiger partial charge on any atom is -0.462 e.